The molecule has 0 aliphatic carbocycles. The lowest BCUT2D eigenvalue weighted by molar-refractivity contribution is -0.141. The highest BCUT2D eigenvalue weighted by Crippen LogP contribution is 2.23. The van der Waals surface area contributed by atoms with E-state index in [1.54, 1.807) is 18.2 Å². The molecule has 0 fully saturated rings. The first-order chi connectivity index (χ1) is 9.81. The van der Waals surface area contributed by atoms with Crippen LogP contribution in [0, 0.1) is 5.92 Å². The van der Waals surface area contributed by atoms with Gasteiger partial charge < -0.3 is 10.1 Å². The van der Waals surface area contributed by atoms with Crippen molar-refractivity contribution in [2.75, 3.05) is 19.5 Å². The number of anilines is 1. The van der Waals surface area contributed by atoms with Crippen LogP contribution in [0.5, 0.6) is 0 Å². The van der Waals surface area contributed by atoms with Crippen LogP contribution in [0.1, 0.15) is 20.3 Å². The van der Waals surface area contributed by atoms with Gasteiger partial charge in [-0.15, -0.1) is 0 Å². The van der Waals surface area contributed by atoms with E-state index >= 15 is 0 Å². The number of nitrogens with one attached hydrogen (secondary N) is 2. The lowest BCUT2D eigenvalue weighted by Crippen LogP contribution is -2.33. The SMILES string of the molecule is CNS(=O)(=O)c1ccccc1NC(CC(C)C)C(=O)OC. The fourth-order valence-electron chi connectivity index (χ4n) is 1.95. The molecule has 1 aromatic carbocycles. The van der Waals surface area contributed by atoms with Crippen LogP contribution in [-0.2, 0) is 19.6 Å². The van der Waals surface area contributed by atoms with E-state index in [9.17, 15) is 13.2 Å². The van der Waals surface area contributed by atoms with Gasteiger partial charge in [-0.25, -0.2) is 17.9 Å². The Labute approximate surface area is 125 Å². The highest BCUT2D eigenvalue weighted by molar-refractivity contribution is 7.89. The van der Waals surface area contributed by atoms with Gasteiger partial charge in [-0.1, -0.05) is 26.0 Å². The second-order valence-electron chi connectivity index (χ2n) is 5.05. The summed E-state index contributed by atoms with van der Waals surface area (Å²) in [6.07, 6.45) is 0.542. The summed E-state index contributed by atoms with van der Waals surface area (Å²) in [5.41, 5.74) is 0.378. The summed E-state index contributed by atoms with van der Waals surface area (Å²) in [5, 5.41) is 2.98. The molecule has 21 heavy (non-hydrogen) atoms. The first-order valence-corrected chi connectivity index (χ1v) is 8.17. The maximum Gasteiger partial charge on any atom is 0.328 e. The van der Waals surface area contributed by atoms with Gasteiger partial charge in [0.1, 0.15) is 10.9 Å². The van der Waals surface area contributed by atoms with Gasteiger partial charge in [-0.2, -0.15) is 0 Å². The van der Waals surface area contributed by atoms with Crippen molar-refractivity contribution < 1.29 is 17.9 Å². The summed E-state index contributed by atoms with van der Waals surface area (Å²) in [7, 11) is -0.942. The zero-order valence-electron chi connectivity index (χ0n) is 12.7. The van der Waals surface area contributed by atoms with Crippen molar-refractivity contribution in [2.45, 2.75) is 31.2 Å². The summed E-state index contributed by atoms with van der Waals surface area (Å²) in [4.78, 5) is 11.9. The minimum absolute atomic E-state index is 0.102. The molecule has 0 amide bonds. The molecule has 1 unspecified atom stereocenters. The molecule has 0 spiro atoms. The lowest BCUT2D eigenvalue weighted by atomic mass is 10.0. The van der Waals surface area contributed by atoms with Crippen molar-refractivity contribution in [3.63, 3.8) is 0 Å². The maximum atomic E-state index is 12.0. The topological polar surface area (TPSA) is 84.5 Å². The van der Waals surface area contributed by atoms with E-state index in [2.05, 4.69) is 10.0 Å². The van der Waals surface area contributed by atoms with Gasteiger partial charge >= 0.3 is 5.97 Å². The molecule has 0 aromatic heterocycles. The summed E-state index contributed by atoms with van der Waals surface area (Å²) in [6, 6.07) is 5.85. The average Bonchev–Trinajstić information content (AvgIpc) is 2.45. The molecule has 6 nitrogen and oxygen atoms in total. The van der Waals surface area contributed by atoms with Crippen LogP contribution in [0.3, 0.4) is 0 Å². The van der Waals surface area contributed by atoms with E-state index < -0.39 is 22.0 Å². The Morgan fingerprint density at radius 1 is 1.29 bits per heavy atom. The minimum atomic E-state index is -3.60. The van der Waals surface area contributed by atoms with Crippen LogP contribution in [0.25, 0.3) is 0 Å². The van der Waals surface area contributed by atoms with Crippen LogP contribution < -0.4 is 10.0 Å². The Kier molecular flexibility index (Phi) is 6.17. The zero-order chi connectivity index (χ0) is 16.0. The summed E-state index contributed by atoms with van der Waals surface area (Å²) < 4.78 is 31.0. The number of hydrogen-bond donors (Lipinski definition) is 2. The van der Waals surface area contributed by atoms with Crippen LogP contribution in [0.4, 0.5) is 5.69 Å². The third-order valence-electron chi connectivity index (χ3n) is 2.97. The highest BCUT2D eigenvalue weighted by atomic mass is 32.2. The number of para-hydroxylation sites is 1. The number of carbonyl (C=O) groups excluding carboxylic acids is 1. The number of esters is 1. The molecule has 0 saturated heterocycles. The molecular formula is C14H22N2O4S. The molecule has 0 saturated carbocycles. The second kappa shape index (κ2) is 7.42. The molecule has 1 atom stereocenters. The second-order valence-corrected chi connectivity index (χ2v) is 6.91. The van der Waals surface area contributed by atoms with E-state index in [0.29, 0.717) is 12.1 Å². The van der Waals surface area contributed by atoms with Crippen molar-refractivity contribution in [1.82, 2.24) is 4.72 Å². The van der Waals surface area contributed by atoms with E-state index in [1.165, 1.54) is 20.2 Å². The predicted molar refractivity (Wildman–Crippen MR) is 81.6 cm³/mol. The lowest BCUT2D eigenvalue weighted by Gasteiger charge is -2.21. The fraction of sp³-hybridized carbons (Fsp3) is 0.500. The van der Waals surface area contributed by atoms with Crippen molar-refractivity contribution in [3.8, 4) is 0 Å². The van der Waals surface area contributed by atoms with Crippen molar-refractivity contribution in [3.05, 3.63) is 24.3 Å². The van der Waals surface area contributed by atoms with E-state index in [1.807, 2.05) is 13.8 Å². The Hall–Kier alpha value is -1.60. The predicted octanol–water partition coefficient (Wildman–Crippen LogP) is 1.59. The van der Waals surface area contributed by atoms with Crippen LogP contribution in [-0.4, -0.2) is 34.6 Å². The van der Waals surface area contributed by atoms with Gasteiger partial charge in [0.05, 0.1) is 12.8 Å². The molecule has 2 N–H and O–H groups in total. The summed E-state index contributed by atoms with van der Waals surface area (Å²) in [5.74, 6) is -0.157. The number of sulfonamides is 1. The molecule has 1 aromatic rings. The standard InChI is InChI=1S/C14H22N2O4S/c1-10(2)9-12(14(17)20-4)16-11-7-5-6-8-13(11)21(18,19)15-3/h5-8,10,12,15-16H,9H2,1-4H3. The Balaban J connectivity index is 3.13. The Morgan fingerprint density at radius 3 is 2.43 bits per heavy atom. The first kappa shape index (κ1) is 17.5. The number of ether oxygens (including phenoxy) is 1. The highest BCUT2D eigenvalue weighted by Gasteiger charge is 2.23. The monoisotopic (exact) mass is 314 g/mol. The van der Waals surface area contributed by atoms with Gasteiger partial charge in [0.2, 0.25) is 10.0 Å². The molecule has 0 aliphatic heterocycles. The zero-order valence-corrected chi connectivity index (χ0v) is 13.5. The molecular weight excluding hydrogens is 292 g/mol. The van der Waals surface area contributed by atoms with Crippen LogP contribution in [0.15, 0.2) is 29.2 Å². The van der Waals surface area contributed by atoms with Gasteiger partial charge in [0, 0.05) is 0 Å². The van der Waals surface area contributed by atoms with Crippen LogP contribution >= 0.6 is 0 Å². The number of carbonyl (C=O) groups is 1. The summed E-state index contributed by atoms with van der Waals surface area (Å²) in [6.45, 7) is 3.96. The first-order valence-electron chi connectivity index (χ1n) is 6.68. The van der Waals surface area contributed by atoms with E-state index in [4.69, 9.17) is 4.74 Å². The quantitative estimate of drug-likeness (QED) is 0.747. The Morgan fingerprint density at radius 2 is 1.90 bits per heavy atom. The molecule has 118 valence electrons. The van der Waals surface area contributed by atoms with Crippen molar-refractivity contribution in [1.29, 1.82) is 0 Å². The van der Waals surface area contributed by atoms with Gasteiger partial charge in [0.15, 0.2) is 0 Å². The average molecular weight is 314 g/mol. The van der Waals surface area contributed by atoms with Crippen molar-refractivity contribution >= 4 is 21.7 Å². The number of benzene rings is 1. The van der Waals surface area contributed by atoms with E-state index in [-0.39, 0.29) is 10.8 Å². The molecule has 7 heteroatoms. The van der Waals surface area contributed by atoms with Crippen LogP contribution in [0.2, 0.25) is 0 Å². The fourth-order valence-corrected chi connectivity index (χ4v) is 2.84. The van der Waals surface area contributed by atoms with Gasteiger partial charge in [-0.3, -0.25) is 0 Å². The molecule has 0 bridgehead atoms. The smallest absolute Gasteiger partial charge is 0.328 e. The summed E-state index contributed by atoms with van der Waals surface area (Å²) >= 11 is 0. The number of methoxy groups -OCH3 is 1. The third-order valence-corrected chi connectivity index (χ3v) is 4.44. The number of hydrogen-bond acceptors (Lipinski definition) is 5. The largest absolute Gasteiger partial charge is 0.467 e. The van der Waals surface area contributed by atoms with Crippen molar-refractivity contribution in [2.24, 2.45) is 5.92 Å². The molecule has 0 aliphatic rings. The number of rotatable bonds is 7. The molecule has 1 rings (SSSR count). The van der Waals surface area contributed by atoms with Gasteiger partial charge in [0.25, 0.3) is 0 Å². The normalized spacial score (nSPS) is 13.0. The third kappa shape index (κ3) is 4.71. The Bertz CT molecular complexity index is 584. The minimum Gasteiger partial charge on any atom is -0.467 e. The molecule has 0 radical (unpaired) electrons. The van der Waals surface area contributed by atoms with Gasteiger partial charge in [-0.05, 0) is 31.5 Å². The maximum absolute atomic E-state index is 12.0. The molecule has 0 heterocycles. The van der Waals surface area contributed by atoms with E-state index in [0.717, 1.165) is 0 Å².